The second-order valence-electron chi connectivity index (χ2n) is 15.0. The first kappa shape index (κ1) is 40.7. The Morgan fingerprint density at radius 2 is 1.39 bits per heavy atom. The summed E-state index contributed by atoms with van der Waals surface area (Å²) in [6, 6.07) is 8.17. The van der Waals surface area contributed by atoms with Crippen LogP contribution in [0.1, 0.15) is 56.6 Å². The summed E-state index contributed by atoms with van der Waals surface area (Å²) in [5.74, 6) is -4.27. The minimum absolute atomic E-state index is 0.0273. The van der Waals surface area contributed by atoms with Crippen molar-refractivity contribution in [3.8, 4) is 5.75 Å². The van der Waals surface area contributed by atoms with Crippen LogP contribution in [0.2, 0.25) is 0 Å². The Bertz CT molecular complexity index is 2000. The lowest BCUT2D eigenvalue weighted by atomic mass is 10.0. The molecule has 6 rings (SSSR count). The van der Waals surface area contributed by atoms with Crippen LogP contribution < -0.4 is 21.7 Å². The highest BCUT2D eigenvalue weighted by atomic mass is 16.4. The number of carboxylic acid groups (broad SMARTS) is 1. The maximum absolute atomic E-state index is 14.5. The number of likely N-dealkylation sites (tertiary alicyclic amines) is 3. The van der Waals surface area contributed by atoms with Crippen LogP contribution in [-0.4, -0.2) is 134 Å². The third-order valence-electron chi connectivity index (χ3n) is 11.1. The number of aromatic hydroxyl groups is 1. The van der Waals surface area contributed by atoms with Crippen molar-refractivity contribution in [2.75, 3.05) is 26.2 Å². The summed E-state index contributed by atoms with van der Waals surface area (Å²) in [6.45, 7) is 1.63. The number of nitrogens with one attached hydrogen (secondary N) is 4. The first-order valence-corrected chi connectivity index (χ1v) is 19.4. The first-order chi connectivity index (χ1) is 27.3. The van der Waals surface area contributed by atoms with E-state index in [-0.39, 0.29) is 37.6 Å². The number of carbonyl (C=O) groups excluding carboxylic acids is 6. The standard InChI is InChI=1S/C40H50N8O9/c1-23(35(52)43-22-34(50)51)44-36(53)31-9-5-17-47(31)40(57)33-11-6-18-48(33)39(56)30(19-24-12-14-26(49)15-13-24)45-37(54)32-10-4-16-46(32)38(55)28(41)20-25-21-42-29-8-3-2-7-27(25)29/h2-3,7-8,12-15,21,23,28,30-33,42,49H,4-6,9-11,16-20,22,41H2,1H3,(H,43,52)(H,44,53)(H,45,54)(H,50,51)/t23-,28-,30-,31-,32-,33-/m0/s1. The summed E-state index contributed by atoms with van der Waals surface area (Å²) in [5.41, 5.74) is 8.91. The van der Waals surface area contributed by atoms with Gasteiger partial charge in [0.2, 0.25) is 35.4 Å². The highest BCUT2D eigenvalue weighted by molar-refractivity contribution is 5.98. The number of hydrogen-bond acceptors (Lipinski definition) is 9. The summed E-state index contributed by atoms with van der Waals surface area (Å²) >= 11 is 0. The molecule has 3 aromatic rings. The number of carbonyl (C=O) groups is 7. The highest BCUT2D eigenvalue weighted by Crippen LogP contribution is 2.27. The number of rotatable bonds is 14. The number of para-hydroxylation sites is 1. The molecule has 57 heavy (non-hydrogen) atoms. The number of nitrogens with two attached hydrogens (primary N) is 1. The number of phenols is 1. The Morgan fingerprint density at radius 1 is 0.789 bits per heavy atom. The number of aromatic nitrogens is 1. The zero-order valence-corrected chi connectivity index (χ0v) is 31.8. The first-order valence-electron chi connectivity index (χ1n) is 19.4. The molecule has 3 saturated heterocycles. The van der Waals surface area contributed by atoms with E-state index in [1.807, 2.05) is 30.5 Å². The average molecular weight is 787 g/mol. The zero-order chi connectivity index (χ0) is 40.8. The van der Waals surface area contributed by atoms with Crippen LogP contribution in [0.5, 0.6) is 5.75 Å². The quantitative estimate of drug-likeness (QED) is 0.117. The third kappa shape index (κ3) is 9.36. The fraction of sp³-hybridized carbons (Fsp3) is 0.475. The maximum Gasteiger partial charge on any atom is 0.322 e. The van der Waals surface area contributed by atoms with Crippen LogP contribution in [0.25, 0.3) is 10.9 Å². The van der Waals surface area contributed by atoms with E-state index in [9.17, 15) is 38.7 Å². The molecule has 0 aliphatic carbocycles. The van der Waals surface area contributed by atoms with E-state index in [0.29, 0.717) is 50.6 Å². The second kappa shape index (κ2) is 17.9. The van der Waals surface area contributed by atoms with Crippen molar-refractivity contribution in [3.63, 3.8) is 0 Å². The molecule has 0 bridgehead atoms. The van der Waals surface area contributed by atoms with Gasteiger partial charge in [0.1, 0.15) is 42.5 Å². The average Bonchev–Trinajstić information content (AvgIpc) is 4.04. The number of phenolic OH excluding ortho intramolecular Hbond substituents is 1. The molecule has 304 valence electrons. The Hall–Kier alpha value is -5.97. The molecule has 2 aromatic carbocycles. The van der Waals surface area contributed by atoms with Crippen molar-refractivity contribution in [1.82, 2.24) is 35.6 Å². The third-order valence-corrected chi connectivity index (χ3v) is 11.1. The molecule has 0 unspecified atom stereocenters. The molecule has 6 amide bonds. The Morgan fingerprint density at radius 3 is 2.07 bits per heavy atom. The summed E-state index contributed by atoms with van der Waals surface area (Å²) in [6.07, 6.45) is 4.78. The fourth-order valence-electron chi connectivity index (χ4n) is 8.15. The number of fused-ring (bicyclic) bond motifs is 1. The second-order valence-corrected chi connectivity index (χ2v) is 15.0. The highest BCUT2D eigenvalue weighted by Gasteiger charge is 2.45. The molecule has 3 aliphatic heterocycles. The lowest BCUT2D eigenvalue weighted by molar-refractivity contribution is -0.148. The summed E-state index contributed by atoms with van der Waals surface area (Å²) in [4.78, 5) is 100. The summed E-state index contributed by atoms with van der Waals surface area (Å²) in [5, 5.41) is 27.4. The smallest absolute Gasteiger partial charge is 0.322 e. The Kier molecular flexibility index (Phi) is 12.8. The van der Waals surface area contributed by atoms with Crippen molar-refractivity contribution in [2.45, 2.75) is 94.5 Å². The number of amides is 6. The zero-order valence-electron chi connectivity index (χ0n) is 31.8. The van der Waals surface area contributed by atoms with Crippen LogP contribution >= 0.6 is 0 Å². The van der Waals surface area contributed by atoms with Crippen molar-refractivity contribution in [3.05, 3.63) is 65.9 Å². The SMILES string of the molecule is C[C@H](NC(=O)[C@@H]1CCCN1C(=O)[C@@H]1CCCN1C(=O)[C@H](Cc1ccc(O)cc1)NC(=O)[C@@H]1CCCN1C(=O)[C@@H](N)Cc1c[nH]c2ccccc12)C(=O)NCC(=O)O. The minimum Gasteiger partial charge on any atom is -0.508 e. The van der Waals surface area contributed by atoms with E-state index < -0.39 is 78.3 Å². The fourth-order valence-corrected chi connectivity index (χ4v) is 8.15. The predicted molar refractivity (Wildman–Crippen MR) is 206 cm³/mol. The van der Waals surface area contributed by atoms with Crippen molar-refractivity contribution in [2.24, 2.45) is 5.73 Å². The number of benzene rings is 2. The molecule has 6 atom stereocenters. The van der Waals surface area contributed by atoms with Crippen LogP contribution in [0.3, 0.4) is 0 Å². The van der Waals surface area contributed by atoms with Crippen molar-refractivity contribution in [1.29, 1.82) is 0 Å². The molecule has 17 heteroatoms. The van der Waals surface area contributed by atoms with Gasteiger partial charge in [-0.1, -0.05) is 30.3 Å². The normalized spacial score (nSPS) is 20.9. The van der Waals surface area contributed by atoms with Gasteiger partial charge in [-0.05, 0) is 81.2 Å². The van der Waals surface area contributed by atoms with Crippen molar-refractivity contribution >= 4 is 52.3 Å². The van der Waals surface area contributed by atoms with Gasteiger partial charge in [-0.15, -0.1) is 0 Å². The molecule has 1 aromatic heterocycles. The van der Waals surface area contributed by atoms with Gasteiger partial charge in [0.05, 0.1) is 6.04 Å². The van der Waals surface area contributed by atoms with E-state index in [4.69, 9.17) is 10.8 Å². The number of aliphatic carboxylic acids is 1. The van der Waals surface area contributed by atoms with Crippen molar-refractivity contribution < 1.29 is 43.8 Å². The topological polar surface area (TPSA) is 248 Å². The molecule has 4 heterocycles. The number of hydrogen-bond donors (Lipinski definition) is 7. The number of H-pyrrole nitrogens is 1. The van der Waals surface area contributed by atoms with E-state index >= 15 is 0 Å². The summed E-state index contributed by atoms with van der Waals surface area (Å²) < 4.78 is 0. The number of aromatic amines is 1. The van der Waals surface area contributed by atoms with Crippen LogP contribution in [0.15, 0.2) is 54.7 Å². The van der Waals surface area contributed by atoms with Gasteiger partial charge in [0.15, 0.2) is 0 Å². The number of carboxylic acids is 1. The molecule has 0 saturated carbocycles. The van der Waals surface area contributed by atoms with E-state index in [0.717, 1.165) is 16.5 Å². The predicted octanol–water partition coefficient (Wildman–Crippen LogP) is 0.149. The molecule has 0 radical (unpaired) electrons. The molecular weight excluding hydrogens is 736 g/mol. The monoisotopic (exact) mass is 786 g/mol. The van der Waals surface area contributed by atoms with Gasteiger partial charge < -0.3 is 51.6 Å². The van der Waals surface area contributed by atoms with Gasteiger partial charge in [0, 0.05) is 43.2 Å². The molecule has 0 spiro atoms. The number of nitrogens with zero attached hydrogens (tertiary/aromatic N) is 3. The maximum atomic E-state index is 14.5. The molecule has 17 nitrogen and oxygen atoms in total. The van der Waals surface area contributed by atoms with Gasteiger partial charge in [-0.25, -0.2) is 0 Å². The largest absolute Gasteiger partial charge is 0.508 e. The Balaban J connectivity index is 1.15. The summed E-state index contributed by atoms with van der Waals surface area (Å²) in [7, 11) is 0. The van der Waals surface area contributed by atoms with E-state index in [1.54, 1.807) is 12.1 Å². The lowest BCUT2D eigenvalue weighted by Gasteiger charge is -2.34. The van der Waals surface area contributed by atoms with Gasteiger partial charge in [-0.2, -0.15) is 0 Å². The van der Waals surface area contributed by atoms with Gasteiger partial charge >= 0.3 is 5.97 Å². The van der Waals surface area contributed by atoms with Gasteiger partial charge in [0.25, 0.3) is 0 Å². The van der Waals surface area contributed by atoms with Crippen LogP contribution in [0.4, 0.5) is 0 Å². The molecule has 8 N–H and O–H groups in total. The Labute approximate surface area is 329 Å². The minimum atomic E-state index is -1.23. The lowest BCUT2D eigenvalue weighted by Crippen LogP contribution is -2.59. The molecule has 3 fully saturated rings. The van der Waals surface area contributed by atoms with E-state index in [1.165, 1.54) is 33.8 Å². The molecular formula is C40H50N8O9. The van der Waals surface area contributed by atoms with E-state index in [2.05, 4.69) is 20.9 Å². The molecule has 3 aliphatic rings. The van der Waals surface area contributed by atoms with Crippen LogP contribution in [-0.2, 0) is 46.4 Å². The van der Waals surface area contributed by atoms with Crippen LogP contribution in [0, 0.1) is 0 Å². The van der Waals surface area contributed by atoms with Gasteiger partial charge in [-0.3, -0.25) is 33.6 Å².